The quantitative estimate of drug-likeness (QED) is 0.748. The maximum absolute atomic E-state index is 12.8. The minimum Gasteiger partial charge on any atom is -0.330 e. The summed E-state index contributed by atoms with van der Waals surface area (Å²) in [7, 11) is 2.08. The topological polar surface area (TPSA) is 50.2 Å². The molecule has 0 radical (unpaired) electrons. The van der Waals surface area contributed by atoms with Gasteiger partial charge in [0.25, 0.3) is 0 Å². The first-order valence-corrected chi connectivity index (χ1v) is 10.0. The van der Waals surface area contributed by atoms with Crippen LogP contribution in [0.25, 0.3) is 11.0 Å². The largest absolute Gasteiger partial charge is 0.330 e. The zero-order valence-corrected chi connectivity index (χ0v) is 16.9. The van der Waals surface area contributed by atoms with E-state index in [9.17, 15) is 4.79 Å². The van der Waals surface area contributed by atoms with Crippen molar-refractivity contribution in [2.24, 2.45) is 13.0 Å². The van der Waals surface area contributed by atoms with E-state index in [2.05, 4.69) is 34.0 Å². The molecule has 1 aromatic heterocycles. The number of anilines is 1. The molecule has 3 aromatic rings. The molecule has 146 valence electrons. The highest BCUT2D eigenvalue weighted by atomic mass is 16.1. The van der Waals surface area contributed by atoms with Crippen molar-refractivity contribution >= 4 is 22.6 Å². The third-order valence-corrected chi connectivity index (χ3v) is 5.93. The second-order valence-electron chi connectivity index (χ2n) is 7.88. The van der Waals surface area contributed by atoms with E-state index < -0.39 is 0 Å². The van der Waals surface area contributed by atoms with Crippen LogP contribution in [0.3, 0.4) is 0 Å². The molecule has 2 aromatic carbocycles. The Balaban J connectivity index is 1.36. The highest BCUT2D eigenvalue weighted by molar-refractivity contribution is 5.94. The van der Waals surface area contributed by atoms with Crippen LogP contribution in [0.1, 0.15) is 29.8 Å². The molecule has 5 nitrogen and oxygen atoms in total. The zero-order chi connectivity index (χ0) is 19.7. The minimum atomic E-state index is 0.0794. The van der Waals surface area contributed by atoms with Gasteiger partial charge in [-0.15, -0.1) is 0 Å². The molecule has 0 spiro atoms. The van der Waals surface area contributed by atoms with Crippen LogP contribution in [0.2, 0.25) is 0 Å². The molecule has 28 heavy (non-hydrogen) atoms. The fraction of sp³-hybridized carbons (Fsp3) is 0.391. The Labute approximate surface area is 166 Å². The lowest BCUT2D eigenvalue weighted by Crippen LogP contribution is -2.38. The van der Waals surface area contributed by atoms with Gasteiger partial charge >= 0.3 is 0 Å². The highest BCUT2D eigenvalue weighted by Crippen LogP contribution is 2.24. The predicted molar refractivity (Wildman–Crippen MR) is 113 cm³/mol. The molecule has 0 unspecified atom stereocenters. The summed E-state index contributed by atoms with van der Waals surface area (Å²) in [6.45, 7) is 6.77. The van der Waals surface area contributed by atoms with Crippen LogP contribution in [0.5, 0.6) is 0 Å². The van der Waals surface area contributed by atoms with Crippen LogP contribution < -0.4 is 5.32 Å². The van der Waals surface area contributed by atoms with Crippen molar-refractivity contribution in [2.75, 3.05) is 18.4 Å². The molecule has 1 amide bonds. The van der Waals surface area contributed by atoms with Crippen molar-refractivity contribution in [2.45, 2.75) is 33.2 Å². The third kappa shape index (κ3) is 3.67. The van der Waals surface area contributed by atoms with E-state index in [0.717, 1.165) is 60.6 Å². The van der Waals surface area contributed by atoms with Gasteiger partial charge in [-0.1, -0.05) is 30.3 Å². The van der Waals surface area contributed by atoms with Crippen molar-refractivity contribution in [3.05, 3.63) is 59.4 Å². The number of para-hydroxylation sites is 3. The number of carbonyl (C=O) groups is 1. The van der Waals surface area contributed by atoms with Crippen LogP contribution in [0, 0.1) is 19.8 Å². The highest BCUT2D eigenvalue weighted by Gasteiger charge is 2.26. The summed E-state index contributed by atoms with van der Waals surface area (Å²) in [5.74, 6) is 1.31. The molecule has 5 heteroatoms. The number of amides is 1. The van der Waals surface area contributed by atoms with E-state index in [1.807, 2.05) is 44.2 Å². The minimum absolute atomic E-state index is 0.0794. The van der Waals surface area contributed by atoms with Crippen LogP contribution in [-0.2, 0) is 18.4 Å². The zero-order valence-electron chi connectivity index (χ0n) is 16.9. The van der Waals surface area contributed by atoms with Gasteiger partial charge < -0.3 is 9.88 Å². The molecule has 1 saturated heterocycles. The fourth-order valence-corrected chi connectivity index (χ4v) is 4.13. The average molecular weight is 377 g/mol. The third-order valence-electron chi connectivity index (χ3n) is 5.93. The number of likely N-dealkylation sites (tertiary alicyclic amines) is 1. The van der Waals surface area contributed by atoms with Crippen LogP contribution in [0.15, 0.2) is 42.5 Å². The van der Waals surface area contributed by atoms with Gasteiger partial charge in [-0.2, -0.15) is 0 Å². The van der Waals surface area contributed by atoms with Gasteiger partial charge in [0.15, 0.2) is 0 Å². The maximum Gasteiger partial charge on any atom is 0.227 e. The first-order chi connectivity index (χ1) is 13.5. The smallest absolute Gasteiger partial charge is 0.227 e. The molecule has 0 atom stereocenters. The number of fused-ring (bicyclic) bond motifs is 1. The van der Waals surface area contributed by atoms with Gasteiger partial charge in [0.05, 0.1) is 17.6 Å². The molecule has 4 rings (SSSR count). The number of carbonyl (C=O) groups excluding carboxylic acids is 1. The number of aromatic nitrogens is 2. The molecule has 1 fully saturated rings. The second kappa shape index (κ2) is 7.76. The van der Waals surface area contributed by atoms with Gasteiger partial charge in [-0.05, 0) is 63.0 Å². The maximum atomic E-state index is 12.8. The van der Waals surface area contributed by atoms with Gasteiger partial charge in [0.1, 0.15) is 5.82 Å². The predicted octanol–water partition coefficient (Wildman–Crippen LogP) is 4.04. The van der Waals surface area contributed by atoms with E-state index in [-0.39, 0.29) is 11.8 Å². The number of hydrogen-bond acceptors (Lipinski definition) is 3. The van der Waals surface area contributed by atoms with Gasteiger partial charge in [0.2, 0.25) is 5.91 Å². The van der Waals surface area contributed by atoms with E-state index in [0.29, 0.717) is 0 Å². The Morgan fingerprint density at radius 1 is 1.07 bits per heavy atom. The van der Waals surface area contributed by atoms with E-state index in [1.165, 1.54) is 5.52 Å². The molecular weight excluding hydrogens is 348 g/mol. The van der Waals surface area contributed by atoms with Crippen LogP contribution in [-0.4, -0.2) is 33.4 Å². The van der Waals surface area contributed by atoms with Gasteiger partial charge in [-0.25, -0.2) is 4.98 Å². The molecule has 1 aliphatic heterocycles. The van der Waals surface area contributed by atoms with Crippen LogP contribution in [0.4, 0.5) is 5.69 Å². The molecule has 1 N–H and O–H groups in total. The number of benzene rings is 2. The summed E-state index contributed by atoms with van der Waals surface area (Å²) >= 11 is 0. The normalized spacial score (nSPS) is 15.8. The molecule has 1 aliphatic rings. The fourth-order valence-electron chi connectivity index (χ4n) is 4.13. The molecule has 0 saturated carbocycles. The van der Waals surface area contributed by atoms with Crippen LogP contribution >= 0.6 is 0 Å². The molecule has 2 heterocycles. The SMILES string of the molecule is Cc1cccc(C)c1NC(=O)C1CCN(Cc2nc3ccccc3n2C)CC1. The van der Waals surface area contributed by atoms with Crippen molar-refractivity contribution < 1.29 is 4.79 Å². The lowest BCUT2D eigenvalue weighted by molar-refractivity contribution is -0.121. The number of nitrogens with zero attached hydrogens (tertiary/aromatic N) is 3. The average Bonchev–Trinajstić information content (AvgIpc) is 3.01. The van der Waals surface area contributed by atoms with Crippen molar-refractivity contribution in [3.8, 4) is 0 Å². The second-order valence-corrected chi connectivity index (χ2v) is 7.88. The number of aryl methyl sites for hydroxylation is 3. The van der Waals surface area contributed by atoms with E-state index in [4.69, 9.17) is 4.98 Å². The van der Waals surface area contributed by atoms with Gasteiger partial charge in [0, 0.05) is 18.7 Å². The van der Waals surface area contributed by atoms with Crippen molar-refractivity contribution in [1.82, 2.24) is 14.5 Å². The summed E-state index contributed by atoms with van der Waals surface area (Å²) in [6.07, 6.45) is 1.78. The summed E-state index contributed by atoms with van der Waals surface area (Å²) in [5, 5.41) is 3.17. The summed E-state index contributed by atoms with van der Waals surface area (Å²) in [4.78, 5) is 19.9. The summed E-state index contributed by atoms with van der Waals surface area (Å²) in [5.41, 5.74) is 5.41. The lowest BCUT2D eigenvalue weighted by atomic mass is 9.95. The Morgan fingerprint density at radius 3 is 2.43 bits per heavy atom. The summed E-state index contributed by atoms with van der Waals surface area (Å²) < 4.78 is 2.18. The lowest BCUT2D eigenvalue weighted by Gasteiger charge is -2.31. The number of piperidine rings is 1. The number of rotatable bonds is 4. The van der Waals surface area contributed by atoms with E-state index >= 15 is 0 Å². The van der Waals surface area contributed by atoms with Crippen molar-refractivity contribution in [3.63, 3.8) is 0 Å². The molecule has 0 bridgehead atoms. The Kier molecular flexibility index (Phi) is 5.18. The standard InChI is InChI=1S/C23H28N4O/c1-16-7-6-8-17(2)22(16)25-23(28)18-11-13-27(14-12-18)15-21-24-19-9-4-5-10-20(19)26(21)3/h4-10,18H,11-15H2,1-3H3,(H,25,28). The Hall–Kier alpha value is -2.66. The molecule has 0 aliphatic carbocycles. The Morgan fingerprint density at radius 2 is 1.75 bits per heavy atom. The Bertz CT molecular complexity index is 979. The number of imidazole rings is 1. The van der Waals surface area contributed by atoms with Crippen molar-refractivity contribution in [1.29, 1.82) is 0 Å². The number of hydrogen-bond donors (Lipinski definition) is 1. The van der Waals surface area contributed by atoms with E-state index in [1.54, 1.807) is 0 Å². The number of nitrogens with one attached hydrogen (secondary N) is 1. The molecular formula is C23H28N4O. The summed E-state index contributed by atoms with van der Waals surface area (Å²) in [6, 6.07) is 14.4. The monoisotopic (exact) mass is 376 g/mol. The first-order valence-electron chi connectivity index (χ1n) is 10.0. The first kappa shape index (κ1) is 18.7. The van der Waals surface area contributed by atoms with Gasteiger partial charge in [-0.3, -0.25) is 9.69 Å².